The summed E-state index contributed by atoms with van der Waals surface area (Å²) in [5, 5.41) is 5.40. The Kier molecular flexibility index (Phi) is 5.06. The van der Waals surface area contributed by atoms with E-state index >= 15 is 0 Å². The van der Waals surface area contributed by atoms with Gasteiger partial charge in [-0.2, -0.15) is 5.10 Å². The van der Waals surface area contributed by atoms with E-state index in [1.807, 2.05) is 6.07 Å². The number of alkyl halides is 2. The van der Waals surface area contributed by atoms with Crippen molar-refractivity contribution in [1.82, 2.24) is 14.8 Å². The minimum absolute atomic E-state index is 0.159. The number of nitrogens with zero attached hydrogens (tertiary/aromatic N) is 3. The first-order valence-electron chi connectivity index (χ1n) is 7.90. The van der Waals surface area contributed by atoms with Crippen LogP contribution in [0.4, 0.5) is 8.78 Å². The summed E-state index contributed by atoms with van der Waals surface area (Å²) in [6, 6.07) is 5.15. The predicted molar refractivity (Wildman–Crippen MR) is 88.5 cm³/mol. The zero-order chi connectivity index (χ0) is 18.1. The fourth-order valence-electron chi connectivity index (χ4n) is 3.29. The van der Waals surface area contributed by atoms with E-state index in [-0.39, 0.29) is 11.6 Å². The molecule has 1 aromatic heterocycles. The van der Waals surface area contributed by atoms with Crippen LogP contribution in [0.2, 0.25) is 5.02 Å². The SMILES string of the molecule is CON(C(=O)c1cn(C)nc1C(F)F)C1CCCc2ccc(Cl)cc21. The number of carbonyl (C=O) groups is 1. The highest BCUT2D eigenvalue weighted by atomic mass is 35.5. The van der Waals surface area contributed by atoms with Crippen molar-refractivity contribution >= 4 is 17.5 Å². The first-order valence-corrected chi connectivity index (χ1v) is 8.28. The first-order chi connectivity index (χ1) is 11.9. The number of aromatic nitrogens is 2. The van der Waals surface area contributed by atoms with Crippen LogP contribution in [0.1, 0.15) is 52.5 Å². The third kappa shape index (κ3) is 3.39. The normalized spacial score (nSPS) is 16.8. The number of amides is 1. The molecule has 1 aliphatic carbocycles. The van der Waals surface area contributed by atoms with E-state index in [1.54, 1.807) is 12.1 Å². The lowest BCUT2D eigenvalue weighted by Crippen LogP contribution is -2.36. The number of halogens is 3. The van der Waals surface area contributed by atoms with Gasteiger partial charge in [-0.15, -0.1) is 0 Å². The molecule has 5 nitrogen and oxygen atoms in total. The van der Waals surface area contributed by atoms with Gasteiger partial charge in [0.25, 0.3) is 12.3 Å². The molecule has 2 aromatic rings. The Bertz CT molecular complexity index is 794. The van der Waals surface area contributed by atoms with Gasteiger partial charge < -0.3 is 0 Å². The summed E-state index contributed by atoms with van der Waals surface area (Å²) < 4.78 is 27.6. The molecule has 1 heterocycles. The van der Waals surface area contributed by atoms with Crippen LogP contribution in [0.15, 0.2) is 24.4 Å². The van der Waals surface area contributed by atoms with Gasteiger partial charge in [0, 0.05) is 18.3 Å². The summed E-state index contributed by atoms with van der Waals surface area (Å²) in [6.45, 7) is 0. The summed E-state index contributed by atoms with van der Waals surface area (Å²) in [7, 11) is 2.85. The van der Waals surface area contributed by atoms with Crippen molar-refractivity contribution in [3.63, 3.8) is 0 Å². The Morgan fingerprint density at radius 1 is 1.48 bits per heavy atom. The highest BCUT2D eigenvalue weighted by Gasteiger charge is 2.34. The number of hydrogen-bond donors (Lipinski definition) is 0. The number of fused-ring (bicyclic) bond motifs is 1. The van der Waals surface area contributed by atoms with Crippen molar-refractivity contribution < 1.29 is 18.4 Å². The van der Waals surface area contributed by atoms with E-state index in [1.165, 1.54) is 25.0 Å². The number of carbonyl (C=O) groups excluding carboxylic acids is 1. The van der Waals surface area contributed by atoms with Crippen LogP contribution in [0, 0.1) is 0 Å². The topological polar surface area (TPSA) is 47.4 Å². The lowest BCUT2D eigenvalue weighted by molar-refractivity contribution is -0.128. The molecule has 0 fully saturated rings. The largest absolute Gasteiger partial charge is 0.282 e. The lowest BCUT2D eigenvalue weighted by atomic mass is 9.87. The van der Waals surface area contributed by atoms with Gasteiger partial charge in [0.05, 0.1) is 18.7 Å². The molecule has 0 spiro atoms. The van der Waals surface area contributed by atoms with Crippen molar-refractivity contribution in [2.24, 2.45) is 7.05 Å². The van der Waals surface area contributed by atoms with E-state index in [2.05, 4.69) is 5.10 Å². The van der Waals surface area contributed by atoms with Gasteiger partial charge in [-0.3, -0.25) is 14.3 Å². The van der Waals surface area contributed by atoms with Crippen molar-refractivity contribution in [2.45, 2.75) is 31.7 Å². The standard InChI is InChI=1S/C17H18ClF2N3O2/c1-22-9-13(15(21-22)16(19)20)17(24)23(25-2)14-5-3-4-10-6-7-11(18)8-12(10)14/h6-9,14,16H,3-5H2,1-2H3. The highest BCUT2D eigenvalue weighted by Crippen LogP contribution is 2.37. The Morgan fingerprint density at radius 3 is 2.92 bits per heavy atom. The number of aryl methyl sites for hydroxylation is 2. The zero-order valence-electron chi connectivity index (χ0n) is 13.9. The molecular formula is C17H18ClF2N3O2. The van der Waals surface area contributed by atoms with E-state index < -0.39 is 18.0 Å². The quantitative estimate of drug-likeness (QED) is 0.762. The van der Waals surface area contributed by atoms with Crippen molar-refractivity contribution in [3.05, 3.63) is 51.8 Å². The molecule has 8 heteroatoms. The zero-order valence-corrected chi connectivity index (χ0v) is 14.6. The highest BCUT2D eigenvalue weighted by molar-refractivity contribution is 6.30. The molecule has 1 amide bonds. The molecule has 1 aromatic carbocycles. The molecule has 1 unspecified atom stereocenters. The average molecular weight is 370 g/mol. The molecule has 3 rings (SSSR count). The summed E-state index contributed by atoms with van der Waals surface area (Å²) in [5.74, 6) is -0.635. The van der Waals surface area contributed by atoms with Crippen molar-refractivity contribution in [2.75, 3.05) is 7.11 Å². The van der Waals surface area contributed by atoms with Crippen molar-refractivity contribution in [1.29, 1.82) is 0 Å². The summed E-state index contributed by atoms with van der Waals surface area (Å²) in [4.78, 5) is 18.2. The third-order valence-corrected chi connectivity index (χ3v) is 4.60. The summed E-state index contributed by atoms with van der Waals surface area (Å²) in [6.07, 6.45) is 0.854. The smallest absolute Gasteiger partial charge is 0.275 e. The van der Waals surface area contributed by atoms with Gasteiger partial charge in [-0.1, -0.05) is 17.7 Å². The second kappa shape index (κ2) is 7.09. The second-order valence-electron chi connectivity index (χ2n) is 5.97. The van der Waals surface area contributed by atoms with Gasteiger partial charge in [0.15, 0.2) is 0 Å². The maximum atomic E-state index is 13.2. The van der Waals surface area contributed by atoms with Crippen LogP contribution >= 0.6 is 11.6 Å². The second-order valence-corrected chi connectivity index (χ2v) is 6.40. The number of rotatable bonds is 4. The fourth-order valence-corrected chi connectivity index (χ4v) is 3.47. The molecule has 0 N–H and O–H groups in total. The molecule has 0 radical (unpaired) electrons. The molecule has 1 atom stereocenters. The minimum atomic E-state index is -2.84. The molecular weight excluding hydrogens is 352 g/mol. The van der Waals surface area contributed by atoms with Gasteiger partial charge in [-0.05, 0) is 42.5 Å². The van der Waals surface area contributed by atoms with Gasteiger partial charge in [0.1, 0.15) is 5.69 Å². The molecule has 25 heavy (non-hydrogen) atoms. The Morgan fingerprint density at radius 2 is 2.24 bits per heavy atom. The Labute approximate surface area is 149 Å². The summed E-state index contributed by atoms with van der Waals surface area (Å²) in [5.41, 5.74) is 1.26. The summed E-state index contributed by atoms with van der Waals surface area (Å²) >= 11 is 6.10. The first kappa shape index (κ1) is 17.8. The van der Waals surface area contributed by atoms with Crippen LogP contribution < -0.4 is 0 Å². The molecule has 0 aliphatic heterocycles. The van der Waals surface area contributed by atoms with Crippen LogP contribution in [-0.2, 0) is 18.3 Å². The van der Waals surface area contributed by atoms with E-state index in [0.29, 0.717) is 11.4 Å². The molecule has 0 saturated carbocycles. The molecule has 134 valence electrons. The van der Waals surface area contributed by atoms with E-state index in [4.69, 9.17) is 16.4 Å². The Hall–Kier alpha value is -1.99. The lowest BCUT2D eigenvalue weighted by Gasteiger charge is -2.34. The van der Waals surface area contributed by atoms with Crippen LogP contribution in [0.25, 0.3) is 0 Å². The predicted octanol–water partition coefficient (Wildman–Crippen LogP) is 4.09. The van der Waals surface area contributed by atoms with Crippen LogP contribution in [-0.4, -0.2) is 27.9 Å². The van der Waals surface area contributed by atoms with Crippen LogP contribution in [0.5, 0.6) is 0 Å². The van der Waals surface area contributed by atoms with Gasteiger partial charge in [0.2, 0.25) is 0 Å². The fraction of sp³-hybridized carbons (Fsp3) is 0.412. The number of hydroxylamine groups is 2. The van der Waals surface area contributed by atoms with Crippen molar-refractivity contribution in [3.8, 4) is 0 Å². The molecule has 0 bridgehead atoms. The maximum absolute atomic E-state index is 13.2. The third-order valence-electron chi connectivity index (χ3n) is 4.36. The maximum Gasteiger partial charge on any atom is 0.282 e. The van der Waals surface area contributed by atoms with Gasteiger partial charge >= 0.3 is 0 Å². The molecule has 0 saturated heterocycles. The Balaban J connectivity index is 1.99. The van der Waals surface area contributed by atoms with E-state index in [9.17, 15) is 13.6 Å². The average Bonchev–Trinajstić information content (AvgIpc) is 2.98. The monoisotopic (exact) mass is 369 g/mol. The number of hydrogen-bond acceptors (Lipinski definition) is 3. The molecule has 1 aliphatic rings. The van der Waals surface area contributed by atoms with Gasteiger partial charge in [-0.25, -0.2) is 13.8 Å². The van der Waals surface area contributed by atoms with Crippen LogP contribution in [0.3, 0.4) is 0 Å². The minimum Gasteiger partial charge on any atom is -0.275 e. The number of benzene rings is 1. The van der Waals surface area contributed by atoms with E-state index in [0.717, 1.165) is 29.0 Å².